The summed E-state index contributed by atoms with van der Waals surface area (Å²) in [6.07, 6.45) is 7.76. The summed E-state index contributed by atoms with van der Waals surface area (Å²) in [5, 5.41) is 3.06. The highest BCUT2D eigenvalue weighted by molar-refractivity contribution is 5.09. The van der Waals surface area contributed by atoms with Gasteiger partial charge in [0, 0.05) is 6.54 Å². The lowest BCUT2D eigenvalue weighted by Gasteiger charge is -2.15. The van der Waals surface area contributed by atoms with E-state index in [2.05, 4.69) is 17.8 Å². The largest absolute Gasteiger partial charge is 0.478 e. The Morgan fingerprint density at radius 2 is 2.46 bits per heavy atom. The van der Waals surface area contributed by atoms with Crippen LogP contribution >= 0.6 is 0 Å². The normalized spacial score (nSPS) is 17.2. The SMILES string of the molecule is C#CC(NC(=C)OCCN)C1CC1. The summed E-state index contributed by atoms with van der Waals surface area (Å²) < 4.78 is 5.18. The van der Waals surface area contributed by atoms with Gasteiger partial charge < -0.3 is 15.8 Å². The smallest absolute Gasteiger partial charge is 0.180 e. The molecule has 0 aliphatic heterocycles. The van der Waals surface area contributed by atoms with Crippen molar-refractivity contribution in [2.24, 2.45) is 11.7 Å². The van der Waals surface area contributed by atoms with Gasteiger partial charge in [-0.25, -0.2) is 0 Å². The summed E-state index contributed by atoms with van der Waals surface area (Å²) in [6.45, 7) is 4.68. The van der Waals surface area contributed by atoms with Gasteiger partial charge in [-0.05, 0) is 25.3 Å². The molecule has 0 aromatic rings. The molecule has 0 aromatic heterocycles. The number of nitrogens with one attached hydrogen (secondary N) is 1. The molecule has 1 rings (SSSR count). The summed E-state index contributed by atoms with van der Waals surface area (Å²) in [7, 11) is 0. The van der Waals surface area contributed by atoms with Crippen molar-refractivity contribution in [3.63, 3.8) is 0 Å². The minimum atomic E-state index is 0.0743. The van der Waals surface area contributed by atoms with E-state index in [-0.39, 0.29) is 6.04 Å². The molecule has 1 unspecified atom stereocenters. The molecule has 1 saturated carbocycles. The standard InChI is InChI=1S/C10H16N2O/c1-3-10(9-4-5-9)12-8(2)13-7-6-11/h1,9-10,12H,2,4-7,11H2. The average molecular weight is 180 g/mol. The maximum absolute atomic E-state index is 5.36. The van der Waals surface area contributed by atoms with Gasteiger partial charge in [0.25, 0.3) is 0 Å². The van der Waals surface area contributed by atoms with E-state index in [1.54, 1.807) is 0 Å². The van der Waals surface area contributed by atoms with Crippen LogP contribution in [0.2, 0.25) is 0 Å². The highest BCUT2D eigenvalue weighted by Crippen LogP contribution is 2.32. The molecule has 0 spiro atoms. The van der Waals surface area contributed by atoms with E-state index >= 15 is 0 Å². The molecule has 3 N–H and O–H groups in total. The third kappa shape index (κ3) is 3.39. The van der Waals surface area contributed by atoms with Gasteiger partial charge in [-0.2, -0.15) is 0 Å². The molecule has 13 heavy (non-hydrogen) atoms. The molecular weight excluding hydrogens is 164 g/mol. The first-order valence-electron chi connectivity index (χ1n) is 4.52. The molecular formula is C10H16N2O. The van der Waals surface area contributed by atoms with E-state index in [0.717, 1.165) is 0 Å². The summed E-state index contributed by atoms with van der Waals surface area (Å²) in [5.41, 5.74) is 5.28. The van der Waals surface area contributed by atoms with E-state index in [1.165, 1.54) is 12.8 Å². The molecule has 0 radical (unpaired) electrons. The van der Waals surface area contributed by atoms with Crippen molar-refractivity contribution in [3.05, 3.63) is 12.5 Å². The van der Waals surface area contributed by atoms with Crippen molar-refractivity contribution >= 4 is 0 Å². The second-order valence-corrected chi connectivity index (χ2v) is 3.19. The predicted molar refractivity (Wildman–Crippen MR) is 52.6 cm³/mol. The molecule has 0 heterocycles. The molecule has 3 nitrogen and oxygen atoms in total. The van der Waals surface area contributed by atoms with E-state index in [4.69, 9.17) is 16.9 Å². The molecule has 1 fully saturated rings. The van der Waals surface area contributed by atoms with Crippen LogP contribution in [0.25, 0.3) is 0 Å². The first-order chi connectivity index (χ1) is 6.27. The Morgan fingerprint density at radius 3 is 2.92 bits per heavy atom. The Morgan fingerprint density at radius 1 is 1.77 bits per heavy atom. The maximum Gasteiger partial charge on any atom is 0.180 e. The minimum Gasteiger partial charge on any atom is -0.478 e. The van der Waals surface area contributed by atoms with E-state index in [1.807, 2.05) is 0 Å². The summed E-state index contributed by atoms with van der Waals surface area (Å²) in [5.74, 6) is 3.82. The van der Waals surface area contributed by atoms with Crippen molar-refractivity contribution < 1.29 is 4.74 Å². The lowest BCUT2D eigenvalue weighted by Crippen LogP contribution is -2.30. The van der Waals surface area contributed by atoms with Crippen LogP contribution in [-0.2, 0) is 4.74 Å². The third-order valence-electron chi connectivity index (χ3n) is 1.98. The predicted octanol–water partition coefficient (Wildman–Crippen LogP) is 0.434. The van der Waals surface area contributed by atoms with Crippen LogP contribution in [0, 0.1) is 18.3 Å². The van der Waals surface area contributed by atoms with Crippen molar-refractivity contribution in [1.29, 1.82) is 0 Å². The van der Waals surface area contributed by atoms with Gasteiger partial charge in [-0.1, -0.05) is 5.92 Å². The number of terminal acetylenes is 1. The quantitative estimate of drug-likeness (QED) is 0.460. The Labute approximate surface area is 79.3 Å². The van der Waals surface area contributed by atoms with Crippen LogP contribution in [0.5, 0.6) is 0 Å². The van der Waals surface area contributed by atoms with Gasteiger partial charge in [0.05, 0.1) is 6.04 Å². The Kier molecular flexibility index (Phi) is 3.66. The summed E-state index contributed by atoms with van der Waals surface area (Å²) in [4.78, 5) is 0. The van der Waals surface area contributed by atoms with E-state index in [0.29, 0.717) is 25.0 Å². The fraction of sp³-hybridized carbons (Fsp3) is 0.600. The molecule has 0 amide bonds. The van der Waals surface area contributed by atoms with Crippen LogP contribution in [-0.4, -0.2) is 19.2 Å². The highest BCUT2D eigenvalue weighted by Gasteiger charge is 2.30. The van der Waals surface area contributed by atoms with Gasteiger partial charge in [0.2, 0.25) is 0 Å². The van der Waals surface area contributed by atoms with Crippen molar-refractivity contribution in [3.8, 4) is 12.3 Å². The van der Waals surface area contributed by atoms with Crippen molar-refractivity contribution in [1.82, 2.24) is 5.32 Å². The van der Waals surface area contributed by atoms with Crippen LogP contribution in [0.15, 0.2) is 12.5 Å². The number of ether oxygens (including phenoxy) is 1. The van der Waals surface area contributed by atoms with Crippen molar-refractivity contribution in [2.75, 3.05) is 13.2 Å². The maximum atomic E-state index is 5.36. The molecule has 1 aliphatic rings. The number of nitrogens with two attached hydrogens (primary N) is 1. The zero-order chi connectivity index (χ0) is 9.68. The topological polar surface area (TPSA) is 47.3 Å². The first-order valence-corrected chi connectivity index (χ1v) is 4.52. The molecule has 1 aliphatic carbocycles. The van der Waals surface area contributed by atoms with Gasteiger partial charge >= 0.3 is 0 Å². The number of hydrogen-bond donors (Lipinski definition) is 2. The molecule has 0 bridgehead atoms. The molecule has 3 heteroatoms. The summed E-state index contributed by atoms with van der Waals surface area (Å²) in [6, 6.07) is 0.0743. The lowest BCUT2D eigenvalue weighted by atomic mass is 10.2. The monoisotopic (exact) mass is 180 g/mol. The zero-order valence-electron chi connectivity index (χ0n) is 7.75. The Hall–Kier alpha value is -1.14. The van der Waals surface area contributed by atoms with Crippen LogP contribution < -0.4 is 11.1 Å². The molecule has 1 atom stereocenters. The Bertz CT molecular complexity index is 215. The highest BCUT2D eigenvalue weighted by atomic mass is 16.5. The number of rotatable bonds is 6. The average Bonchev–Trinajstić information content (AvgIpc) is 2.94. The minimum absolute atomic E-state index is 0.0743. The molecule has 0 aromatic carbocycles. The fourth-order valence-electron chi connectivity index (χ4n) is 1.12. The second kappa shape index (κ2) is 4.78. The van der Waals surface area contributed by atoms with Crippen LogP contribution in [0.1, 0.15) is 12.8 Å². The zero-order valence-corrected chi connectivity index (χ0v) is 7.75. The fourth-order valence-corrected chi connectivity index (χ4v) is 1.12. The van der Waals surface area contributed by atoms with E-state index in [9.17, 15) is 0 Å². The first kappa shape index (κ1) is 9.94. The van der Waals surface area contributed by atoms with Gasteiger partial charge in [-0.3, -0.25) is 0 Å². The van der Waals surface area contributed by atoms with Crippen LogP contribution in [0.4, 0.5) is 0 Å². The third-order valence-corrected chi connectivity index (χ3v) is 1.98. The molecule has 0 saturated heterocycles. The van der Waals surface area contributed by atoms with E-state index < -0.39 is 0 Å². The summed E-state index contributed by atoms with van der Waals surface area (Å²) >= 11 is 0. The van der Waals surface area contributed by atoms with Gasteiger partial charge in [0.1, 0.15) is 6.61 Å². The number of hydrogen-bond acceptors (Lipinski definition) is 3. The van der Waals surface area contributed by atoms with Gasteiger partial charge in [-0.15, -0.1) is 6.42 Å². The van der Waals surface area contributed by atoms with Gasteiger partial charge in [0.15, 0.2) is 5.88 Å². The lowest BCUT2D eigenvalue weighted by molar-refractivity contribution is 0.195. The van der Waals surface area contributed by atoms with Crippen molar-refractivity contribution in [2.45, 2.75) is 18.9 Å². The second-order valence-electron chi connectivity index (χ2n) is 3.19. The van der Waals surface area contributed by atoms with Crippen LogP contribution in [0.3, 0.4) is 0 Å². The molecule has 72 valence electrons. The Balaban J connectivity index is 2.21.